The van der Waals surface area contributed by atoms with Crippen molar-refractivity contribution in [1.29, 1.82) is 0 Å². The Morgan fingerprint density at radius 1 is 1.17 bits per heavy atom. The molecule has 0 bridgehead atoms. The lowest BCUT2D eigenvalue weighted by Crippen LogP contribution is -2.49. The van der Waals surface area contributed by atoms with E-state index in [9.17, 15) is 9.59 Å². The Hall–Kier alpha value is -3.48. The topological polar surface area (TPSA) is 73.9 Å². The number of hydrogen-bond acceptors (Lipinski definition) is 5. The number of rotatable bonds is 9. The van der Waals surface area contributed by atoms with Gasteiger partial charge in [-0.15, -0.1) is 0 Å². The molecule has 2 N–H and O–H groups in total. The third-order valence-electron chi connectivity index (χ3n) is 4.93. The molecule has 0 fully saturated rings. The van der Waals surface area contributed by atoms with Crippen molar-refractivity contribution < 1.29 is 14.3 Å². The van der Waals surface area contributed by atoms with Crippen molar-refractivity contribution in [1.82, 2.24) is 15.8 Å². The summed E-state index contributed by atoms with van der Waals surface area (Å²) in [5, 5.41) is 4.26. The van der Waals surface area contributed by atoms with Crippen LogP contribution in [0.25, 0.3) is 5.70 Å². The van der Waals surface area contributed by atoms with Crippen molar-refractivity contribution in [3.05, 3.63) is 66.2 Å². The average molecular weight is 409 g/mol. The number of nitrogens with zero attached hydrogens (tertiary/aromatic N) is 2. The number of ether oxygens (including phenoxy) is 1. The molecule has 3 rings (SSSR count). The van der Waals surface area contributed by atoms with Crippen LogP contribution in [0.5, 0.6) is 5.75 Å². The van der Waals surface area contributed by atoms with Crippen molar-refractivity contribution >= 4 is 23.2 Å². The second-order valence-electron chi connectivity index (χ2n) is 7.10. The largest absolute Gasteiger partial charge is 0.497 e. The van der Waals surface area contributed by atoms with Crippen LogP contribution in [-0.4, -0.2) is 50.6 Å². The summed E-state index contributed by atoms with van der Waals surface area (Å²) in [6.45, 7) is 1.36. The number of hydrogen-bond donors (Lipinski definition) is 2. The normalized spacial score (nSPS) is 13.3. The lowest BCUT2D eigenvalue weighted by atomic mass is 10.1. The number of para-hydroxylation sites is 1. The Balaban J connectivity index is 1.44. The van der Waals surface area contributed by atoms with Crippen LogP contribution in [0.15, 0.2) is 60.7 Å². The third-order valence-corrected chi connectivity index (χ3v) is 4.93. The van der Waals surface area contributed by atoms with E-state index in [0.29, 0.717) is 6.54 Å². The number of benzene rings is 2. The molecular formula is C23H28N4O3. The van der Waals surface area contributed by atoms with Gasteiger partial charge in [0.2, 0.25) is 11.8 Å². The number of carbonyl (C=O) groups excluding carboxylic acids is 2. The second-order valence-corrected chi connectivity index (χ2v) is 7.10. The zero-order chi connectivity index (χ0) is 21.3. The van der Waals surface area contributed by atoms with Gasteiger partial charge in [-0.05, 0) is 54.5 Å². The molecule has 0 saturated carbocycles. The average Bonchev–Trinajstić information content (AvgIpc) is 2.78. The van der Waals surface area contributed by atoms with Crippen LogP contribution in [-0.2, 0) is 9.59 Å². The van der Waals surface area contributed by atoms with Crippen LogP contribution < -0.4 is 20.4 Å². The van der Waals surface area contributed by atoms with Gasteiger partial charge in [-0.1, -0.05) is 18.2 Å². The number of amides is 2. The van der Waals surface area contributed by atoms with E-state index in [-0.39, 0.29) is 24.8 Å². The highest BCUT2D eigenvalue weighted by Gasteiger charge is 2.22. The molecule has 1 aliphatic rings. The quantitative estimate of drug-likeness (QED) is 0.624. The molecule has 2 aromatic rings. The predicted octanol–water partition coefficient (Wildman–Crippen LogP) is 2.42. The van der Waals surface area contributed by atoms with Gasteiger partial charge >= 0.3 is 0 Å². The Bertz CT molecular complexity index is 881. The molecule has 2 amide bonds. The number of hydrazine groups is 1. The molecule has 0 aliphatic carbocycles. The second kappa shape index (κ2) is 10.3. The van der Waals surface area contributed by atoms with Crippen LogP contribution in [0.4, 0.5) is 5.69 Å². The molecule has 1 aliphatic heterocycles. The number of anilines is 1. The van der Waals surface area contributed by atoms with Crippen LogP contribution in [0.1, 0.15) is 18.4 Å². The first-order valence-electron chi connectivity index (χ1n) is 10.0. The standard InChI is InChI=1S/C23H28N4O3/c1-26(19-7-4-3-5-8-19)16-6-15-24-22(28)17-27-23(29)14-13-21(25-27)18-9-11-20(30-2)12-10-18/h3-5,7-13,25H,6,14-17H2,1-2H3,(H,24,28). The molecular weight excluding hydrogens is 380 g/mol. The zero-order valence-electron chi connectivity index (χ0n) is 17.4. The first-order valence-corrected chi connectivity index (χ1v) is 10.0. The predicted molar refractivity (Wildman–Crippen MR) is 118 cm³/mol. The Labute approximate surface area is 177 Å². The summed E-state index contributed by atoms with van der Waals surface area (Å²) in [5.74, 6) is 0.445. The lowest BCUT2D eigenvalue weighted by molar-refractivity contribution is -0.137. The van der Waals surface area contributed by atoms with E-state index in [1.54, 1.807) is 7.11 Å². The highest BCUT2D eigenvalue weighted by atomic mass is 16.5. The van der Waals surface area contributed by atoms with E-state index in [2.05, 4.69) is 27.8 Å². The van der Waals surface area contributed by atoms with Gasteiger partial charge in [0.15, 0.2) is 0 Å². The minimum absolute atomic E-state index is 0.0269. The van der Waals surface area contributed by atoms with Gasteiger partial charge < -0.3 is 15.0 Å². The fraction of sp³-hybridized carbons (Fsp3) is 0.304. The van der Waals surface area contributed by atoms with E-state index < -0.39 is 0 Å². The summed E-state index contributed by atoms with van der Waals surface area (Å²) in [6.07, 6.45) is 2.90. The van der Waals surface area contributed by atoms with E-state index in [4.69, 9.17) is 4.74 Å². The molecule has 0 aromatic heterocycles. The smallest absolute Gasteiger partial charge is 0.245 e. The molecule has 0 atom stereocenters. The highest BCUT2D eigenvalue weighted by molar-refractivity contribution is 5.88. The van der Waals surface area contributed by atoms with Crippen LogP contribution in [0.2, 0.25) is 0 Å². The summed E-state index contributed by atoms with van der Waals surface area (Å²) >= 11 is 0. The van der Waals surface area contributed by atoms with Crippen molar-refractivity contribution in [3.8, 4) is 5.75 Å². The van der Waals surface area contributed by atoms with Crippen LogP contribution in [0, 0.1) is 0 Å². The van der Waals surface area contributed by atoms with Gasteiger partial charge in [-0.25, -0.2) is 5.01 Å². The fourth-order valence-corrected chi connectivity index (χ4v) is 3.19. The minimum atomic E-state index is -0.186. The monoisotopic (exact) mass is 408 g/mol. The number of carbonyl (C=O) groups is 2. The maximum atomic E-state index is 12.3. The molecule has 7 heteroatoms. The molecule has 1 heterocycles. The van der Waals surface area contributed by atoms with Gasteiger partial charge in [0.1, 0.15) is 12.3 Å². The molecule has 0 spiro atoms. The third kappa shape index (κ3) is 5.76. The summed E-state index contributed by atoms with van der Waals surface area (Å²) in [7, 11) is 3.65. The van der Waals surface area contributed by atoms with Crippen molar-refractivity contribution in [2.75, 3.05) is 38.7 Å². The van der Waals surface area contributed by atoms with Gasteiger partial charge in [-0.3, -0.25) is 15.0 Å². The molecule has 0 radical (unpaired) electrons. The van der Waals surface area contributed by atoms with E-state index in [1.165, 1.54) is 5.01 Å². The van der Waals surface area contributed by atoms with Gasteiger partial charge in [0, 0.05) is 32.2 Å². The summed E-state index contributed by atoms with van der Waals surface area (Å²) < 4.78 is 5.17. The van der Waals surface area contributed by atoms with Crippen LogP contribution >= 0.6 is 0 Å². The van der Waals surface area contributed by atoms with Crippen molar-refractivity contribution in [2.24, 2.45) is 0 Å². The number of methoxy groups -OCH3 is 1. The highest BCUT2D eigenvalue weighted by Crippen LogP contribution is 2.20. The molecule has 7 nitrogen and oxygen atoms in total. The Kier molecular flexibility index (Phi) is 7.32. The molecule has 2 aromatic carbocycles. The maximum absolute atomic E-state index is 12.3. The minimum Gasteiger partial charge on any atom is -0.497 e. The maximum Gasteiger partial charge on any atom is 0.245 e. The van der Waals surface area contributed by atoms with Crippen molar-refractivity contribution in [2.45, 2.75) is 12.8 Å². The summed E-state index contributed by atoms with van der Waals surface area (Å²) in [6, 6.07) is 17.7. The lowest BCUT2D eigenvalue weighted by Gasteiger charge is -2.29. The summed E-state index contributed by atoms with van der Waals surface area (Å²) in [4.78, 5) is 26.6. The van der Waals surface area contributed by atoms with Gasteiger partial charge in [-0.2, -0.15) is 0 Å². The zero-order valence-corrected chi connectivity index (χ0v) is 17.4. The molecule has 158 valence electrons. The molecule has 30 heavy (non-hydrogen) atoms. The van der Waals surface area contributed by atoms with Gasteiger partial charge in [0.05, 0.1) is 12.8 Å². The van der Waals surface area contributed by atoms with Crippen LogP contribution in [0.3, 0.4) is 0 Å². The van der Waals surface area contributed by atoms with E-state index in [1.807, 2.05) is 55.6 Å². The number of nitrogens with one attached hydrogen (secondary N) is 2. The first kappa shape index (κ1) is 21.2. The Morgan fingerprint density at radius 2 is 1.90 bits per heavy atom. The first-order chi connectivity index (χ1) is 14.6. The summed E-state index contributed by atoms with van der Waals surface area (Å²) in [5.41, 5.74) is 5.93. The van der Waals surface area contributed by atoms with E-state index >= 15 is 0 Å². The van der Waals surface area contributed by atoms with Gasteiger partial charge in [0.25, 0.3) is 0 Å². The molecule has 0 unspecified atom stereocenters. The molecule has 0 saturated heterocycles. The fourth-order valence-electron chi connectivity index (χ4n) is 3.19. The van der Waals surface area contributed by atoms with E-state index in [0.717, 1.165) is 35.7 Å². The Morgan fingerprint density at radius 3 is 2.60 bits per heavy atom. The van der Waals surface area contributed by atoms with Crippen molar-refractivity contribution in [3.63, 3.8) is 0 Å². The SMILES string of the molecule is COc1ccc(C2=CCC(=O)N(CC(=O)NCCCN(C)c3ccccc3)N2)cc1.